The number of ether oxygens (including phenoxy) is 1. The molecule has 0 saturated heterocycles. The monoisotopic (exact) mass is 296 g/mol. The average molecular weight is 296 g/mol. The lowest BCUT2D eigenvalue weighted by Crippen LogP contribution is -2.32. The van der Waals surface area contributed by atoms with E-state index in [0.717, 1.165) is 49.5 Å². The van der Waals surface area contributed by atoms with E-state index in [2.05, 4.69) is 32.3 Å². The number of nitrogens with one attached hydrogen (secondary N) is 1. The summed E-state index contributed by atoms with van der Waals surface area (Å²) in [5.74, 6) is 0.845. The first-order valence-electron chi connectivity index (χ1n) is 7.41. The molecular formula is C16H28N2OS. The van der Waals surface area contributed by atoms with Gasteiger partial charge in [-0.05, 0) is 31.6 Å². The molecule has 4 heteroatoms. The molecule has 3 nitrogen and oxygen atoms in total. The van der Waals surface area contributed by atoms with Gasteiger partial charge < -0.3 is 15.8 Å². The highest BCUT2D eigenvalue weighted by Gasteiger charge is 2.24. The van der Waals surface area contributed by atoms with Crippen LogP contribution in [-0.4, -0.2) is 24.2 Å². The molecule has 0 amide bonds. The summed E-state index contributed by atoms with van der Waals surface area (Å²) in [4.78, 5) is 0. The number of anilines is 2. The first-order chi connectivity index (χ1) is 9.59. The van der Waals surface area contributed by atoms with Crippen molar-refractivity contribution in [1.29, 1.82) is 0 Å². The van der Waals surface area contributed by atoms with E-state index in [1.807, 2.05) is 30.0 Å². The normalized spacial score (nSPS) is 11.4. The molecular weight excluding hydrogens is 268 g/mol. The topological polar surface area (TPSA) is 47.3 Å². The van der Waals surface area contributed by atoms with Crippen LogP contribution in [0.3, 0.4) is 0 Å². The van der Waals surface area contributed by atoms with Crippen molar-refractivity contribution < 1.29 is 4.74 Å². The fraction of sp³-hybridized carbons (Fsp3) is 0.625. The van der Waals surface area contributed by atoms with Crippen molar-refractivity contribution >= 4 is 23.1 Å². The van der Waals surface area contributed by atoms with Crippen molar-refractivity contribution in [3.05, 3.63) is 18.2 Å². The van der Waals surface area contributed by atoms with E-state index in [-0.39, 0.29) is 4.75 Å². The second-order valence-electron chi connectivity index (χ2n) is 5.09. The summed E-state index contributed by atoms with van der Waals surface area (Å²) < 4.78 is 5.95. The van der Waals surface area contributed by atoms with Gasteiger partial charge in [-0.3, -0.25) is 0 Å². The Morgan fingerprint density at radius 2 is 1.90 bits per heavy atom. The van der Waals surface area contributed by atoms with Gasteiger partial charge in [0.25, 0.3) is 0 Å². The Morgan fingerprint density at radius 1 is 1.20 bits per heavy atom. The number of nitrogen functional groups attached to an aromatic ring is 1. The zero-order valence-electron chi connectivity index (χ0n) is 13.2. The smallest absolute Gasteiger partial charge is 0.123 e. The highest BCUT2D eigenvalue weighted by molar-refractivity contribution is 8.00. The lowest BCUT2D eigenvalue weighted by atomic mass is 10.0. The summed E-state index contributed by atoms with van der Waals surface area (Å²) in [7, 11) is 0. The molecule has 0 bridgehead atoms. The number of hydrogen-bond donors (Lipinski definition) is 2. The Kier molecular flexibility index (Phi) is 7.06. The Labute approximate surface area is 127 Å². The molecule has 1 aromatic carbocycles. The third-order valence-corrected chi connectivity index (χ3v) is 5.33. The zero-order chi connectivity index (χ0) is 15.0. The molecule has 1 aromatic rings. The van der Waals surface area contributed by atoms with Gasteiger partial charge in [0.2, 0.25) is 0 Å². The van der Waals surface area contributed by atoms with Crippen molar-refractivity contribution in [2.45, 2.75) is 44.8 Å². The SMILES string of the molecule is CCCOc1cc(N)cc(NCC(CC)(CC)SC)c1. The van der Waals surface area contributed by atoms with Crippen molar-refractivity contribution in [3.8, 4) is 5.75 Å². The number of thioether (sulfide) groups is 1. The molecule has 0 unspecified atom stereocenters. The second kappa shape index (κ2) is 8.30. The number of hydrogen-bond acceptors (Lipinski definition) is 4. The minimum absolute atomic E-state index is 0.287. The Morgan fingerprint density at radius 3 is 2.45 bits per heavy atom. The maximum absolute atomic E-state index is 5.94. The van der Waals surface area contributed by atoms with Gasteiger partial charge in [-0.25, -0.2) is 0 Å². The molecule has 0 radical (unpaired) electrons. The van der Waals surface area contributed by atoms with Gasteiger partial charge in [-0.15, -0.1) is 0 Å². The van der Waals surface area contributed by atoms with E-state index in [0.29, 0.717) is 0 Å². The molecule has 0 atom stereocenters. The third-order valence-electron chi connectivity index (χ3n) is 3.74. The molecule has 20 heavy (non-hydrogen) atoms. The lowest BCUT2D eigenvalue weighted by molar-refractivity contribution is 0.318. The van der Waals surface area contributed by atoms with E-state index in [4.69, 9.17) is 10.5 Å². The van der Waals surface area contributed by atoms with Crippen LogP contribution in [0, 0.1) is 0 Å². The molecule has 0 saturated carbocycles. The van der Waals surface area contributed by atoms with Crippen LogP contribution < -0.4 is 15.8 Å². The standard InChI is InChI=1S/C16H28N2OS/c1-5-8-19-15-10-13(17)9-14(11-15)18-12-16(6-2,7-3)20-4/h9-11,18H,5-8,12,17H2,1-4H3. The number of nitrogens with two attached hydrogens (primary N) is 1. The van der Waals surface area contributed by atoms with Crippen LogP contribution in [0.15, 0.2) is 18.2 Å². The number of benzene rings is 1. The van der Waals surface area contributed by atoms with E-state index < -0.39 is 0 Å². The highest BCUT2D eigenvalue weighted by atomic mass is 32.2. The highest BCUT2D eigenvalue weighted by Crippen LogP contribution is 2.31. The Balaban J connectivity index is 2.74. The van der Waals surface area contributed by atoms with Crippen molar-refractivity contribution in [2.75, 3.05) is 30.5 Å². The van der Waals surface area contributed by atoms with Gasteiger partial charge in [-0.1, -0.05) is 20.8 Å². The third kappa shape index (κ3) is 4.82. The molecule has 0 aliphatic rings. The Bertz CT molecular complexity index is 397. The summed E-state index contributed by atoms with van der Waals surface area (Å²) in [6, 6.07) is 5.87. The summed E-state index contributed by atoms with van der Waals surface area (Å²) in [5, 5.41) is 3.52. The molecule has 114 valence electrons. The van der Waals surface area contributed by atoms with E-state index in [1.165, 1.54) is 0 Å². The summed E-state index contributed by atoms with van der Waals surface area (Å²) in [6.45, 7) is 8.26. The molecule has 0 heterocycles. The summed E-state index contributed by atoms with van der Waals surface area (Å²) in [5.41, 5.74) is 7.72. The number of rotatable bonds is 9. The molecule has 0 fully saturated rings. The lowest BCUT2D eigenvalue weighted by Gasteiger charge is -2.30. The van der Waals surface area contributed by atoms with Crippen molar-refractivity contribution in [2.24, 2.45) is 0 Å². The van der Waals surface area contributed by atoms with Gasteiger partial charge in [0, 0.05) is 34.8 Å². The van der Waals surface area contributed by atoms with Gasteiger partial charge >= 0.3 is 0 Å². The first kappa shape index (κ1) is 17.0. The van der Waals surface area contributed by atoms with E-state index in [1.54, 1.807) is 0 Å². The van der Waals surface area contributed by atoms with Gasteiger partial charge in [0.15, 0.2) is 0 Å². The molecule has 1 rings (SSSR count). The van der Waals surface area contributed by atoms with Gasteiger partial charge in [0.05, 0.1) is 6.61 Å². The van der Waals surface area contributed by atoms with Crippen LogP contribution in [-0.2, 0) is 0 Å². The van der Waals surface area contributed by atoms with E-state index in [9.17, 15) is 0 Å². The van der Waals surface area contributed by atoms with Gasteiger partial charge in [-0.2, -0.15) is 11.8 Å². The van der Waals surface area contributed by atoms with Crippen LogP contribution in [0.5, 0.6) is 5.75 Å². The summed E-state index contributed by atoms with van der Waals surface area (Å²) >= 11 is 1.93. The maximum atomic E-state index is 5.94. The minimum atomic E-state index is 0.287. The maximum Gasteiger partial charge on any atom is 0.123 e. The van der Waals surface area contributed by atoms with E-state index >= 15 is 0 Å². The fourth-order valence-electron chi connectivity index (χ4n) is 2.15. The first-order valence-corrected chi connectivity index (χ1v) is 8.64. The fourth-order valence-corrected chi connectivity index (χ4v) is 2.95. The Hall–Kier alpha value is -1.03. The minimum Gasteiger partial charge on any atom is -0.493 e. The molecule has 0 aromatic heterocycles. The predicted octanol–water partition coefficient (Wildman–Crippen LogP) is 4.39. The molecule has 0 spiro atoms. The largest absolute Gasteiger partial charge is 0.493 e. The van der Waals surface area contributed by atoms with Crippen LogP contribution in [0.1, 0.15) is 40.0 Å². The van der Waals surface area contributed by atoms with Crippen molar-refractivity contribution in [3.63, 3.8) is 0 Å². The van der Waals surface area contributed by atoms with Crippen LogP contribution in [0.4, 0.5) is 11.4 Å². The predicted molar refractivity (Wildman–Crippen MR) is 92.0 cm³/mol. The molecule has 0 aliphatic carbocycles. The van der Waals surface area contributed by atoms with Crippen molar-refractivity contribution in [1.82, 2.24) is 0 Å². The van der Waals surface area contributed by atoms with Crippen LogP contribution >= 0.6 is 11.8 Å². The average Bonchev–Trinajstić information content (AvgIpc) is 2.47. The quantitative estimate of drug-likeness (QED) is 0.663. The summed E-state index contributed by atoms with van der Waals surface area (Å²) in [6.07, 6.45) is 5.49. The van der Waals surface area contributed by atoms with Crippen LogP contribution in [0.25, 0.3) is 0 Å². The van der Waals surface area contributed by atoms with Gasteiger partial charge in [0.1, 0.15) is 5.75 Å². The second-order valence-corrected chi connectivity index (χ2v) is 6.36. The molecule has 0 aliphatic heterocycles. The zero-order valence-corrected chi connectivity index (χ0v) is 14.0. The molecule has 3 N–H and O–H groups in total. The van der Waals surface area contributed by atoms with Crippen LogP contribution in [0.2, 0.25) is 0 Å².